The maximum absolute atomic E-state index is 2.37. The topological polar surface area (TPSA) is 9.86 Å². The highest BCUT2D eigenvalue weighted by Gasteiger charge is 2.31. The molecule has 0 bridgehead atoms. The van der Waals surface area contributed by atoms with Crippen LogP contribution in [0.3, 0.4) is 0 Å². The summed E-state index contributed by atoms with van der Waals surface area (Å²) in [6, 6.07) is 17.3. The van der Waals surface area contributed by atoms with E-state index in [1.807, 2.05) is 0 Å². The van der Waals surface area contributed by atoms with Crippen LogP contribution >= 0.6 is 0 Å². The SMILES string of the molecule is Cc1ccc(-n2cccc2)c(C)c1C(C)(C)c1c(C)ccc(-n2cccc2)c1C. The molecule has 148 valence electrons. The third-order valence-corrected chi connectivity index (χ3v) is 6.30. The zero-order valence-corrected chi connectivity index (χ0v) is 18.3. The van der Waals surface area contributed by atoms with E-state index in [0.29, 0.717) is 0 Å². The minimum atomic E-state index is -0.116. The van der Waals surface area contributed by atoms with Crippen LogP contribution in [-0.2, 0) is 5.41 Å². The zero-order chi connectivity index (χ0) is 20.8. The van der Waals surface area contributed by atoms with Gasteiger partial charge in [-0.1, -0.05) is 26.0 Å². The molecule has 0 N–H and O–H groups in total. The molecule has 2 heteroatoms. The van der Waals surface area contributed by atoms with Crippen molar-refractivity contribution in [2.24, 2.45) is 0 Å². The van der Waals surface area contributed by atoms with Gasteiger partial charge in [-0.25, -0.2) is 0 Å². The first-order valence-electron chi connectivity index (χ1n) is 10.3. The van der Waals surface area contributed by atoms with Gasteiger partial charge in [0.25, 0.3) is 0 Å². The van der Waals surface area contributed by atoms with E-state index in [4.69, 9.17) is 0 Å². The fraction of sp³-hybridized carbons (Fsp3) is 0.259. The van der Waals surface area contributed by atoms with Crippen molar-refractivity contribution in [1.82, 2.24) is 9.13 Å². The smallest absolute Gasteiger partial charge is 0.0481 e. The van der Waals surface area contributed by atoms with Crippen LogP contribution in [0.2, 0.25) is 0 Å². The van der Waals surface area contributed by atoms with Gasteiger partial charge >= 0.3 is 0 Å². The van der Waals surface area contributed by atoms with E-state index in [2.05, 4.69) is 124 Å². The van der Waals surface area contributed by atoms with E-state index in [1.165, 1.54) is 44.8 Å². The molecule has 0 saturated heterocycles. The lowest BCUT2D eigenvalue weighted by atomic mass is 9.71. The van der Waals surface area contributed by atoms with Crippen LogP contribution in [0.1, 0.15) is 47.2 Å². The average Bonchev–Trinajstić information content (AvgIpc) is 3.35. The lowest BCUT2D eigenvalue weighted by Gasteiger charge is -2.34. The average molecular weight is 383 g/mol. The van der Waals surface area contributed by atoms with Crippen LogP contribution in [0.25, 0.3) is 11.4 Å². The molecule has 0 saturated carbocycles. The van der Waals surface area contributed by atoms with Crippen LogP contribution < -0.4 is 0 Å². The summed E-state index contributed by atoms with van der Waals surface area (Å²) < 4.78 is 4.43. The third-order valence-electron chi connectivity index (χ3n) is 6.30. The second-order valence-corrected chi connectivity index (χ2v) is 8.61. The predicted octanol–water partition coefficient (Wildman–Crippen LogP) is 6.83. The molecule has 2 aromatic heterocycles. The molecule has 0 unspecified atom stereocenters. The molecule has 29 heavy (non-hydrogen) atoms. The Morgan fingerprint density at radius 2 is 0.897 bits per heavy atom. The van der Waals surface area contributed by atoms with E-state index in [-0.39, 0.29) is 5.41 Å². The molecular weight excluding hydrogens is 352 g/mol. The number of aryl methyl sites for hydroxylation is 2. The van der Waals surface area contributed by atoms with Crippen LogP contribution in [0.4, 0.5) is 0 Å². The largest absolute Gasteiger partial charge is 0.324 e. The second-order valence-electron chi connectivity index (χ2n) is 8.61. The van der Waals surface area contributed by atoms with Gasteiger partial charge in [0.1, 0.15) is 0 Å². The van der Waals surface area contributed by atoms with Gasteiger partial charge in [-0.05, 0) is 97.5 Å². The molecular formula is C27H30N2. The van der Waals surface area contributed by atoms with Crippen LogP contribution in [-0.4, -0.2) is 9.13 Å². The second kappa shape index (κ2) is 7.11. The van der Waals surface area contributed by atoms with Gasteiger partial charge < -0.3 is 9.13 Å². The summed E-state index contributed by atoms with van der Waals surface area (Å²) in [6.07, 6.45) is 8.49. The zero-order valence-electron chi connectivity index (χ0n) is 18.3. The highest BCUT2D eigenvalue weighted by atomic mass is 14.9. The minimum absolute atomic E-state index is 0.116. The Morgan fingerprint density at radius 1 is 0.552 bits per heavy atom. The molecule has 0 atom stereocenters. The van der Waals surface area contributed by atoms with Crippen LogP contribution in [0, 0.1) is 27.7 Å². The Kier molecular flexibility index (Phi) is 4.74. The van der Waals surface area contributed by atoms with E-state index >= 15 is 0 Å². The Balaban J connectivity index is 1.95. The third kappa shape index (κ3) is 3.13. The molecule has 2 nitrogen and oxygen atoms in total. The first-order chi connectivity index (χ1) is 13.8. The maximum atomic E-state index is 2.37. The van der Waals surface area contributed by atoms with Crippen molar-refractivity contribution in [1.29, 1.82) is 0 Å². The number of nitrogens with zero attached hydrogens (tertiary/aromatic N) is 2. The number of hydrogen-bond acceptors (Lipinski definition) is 0. The predicted molar refractivity (Wildman–Crippen MR) is 123 cm³/mol. The van der Waals surface area contributed by atoms with Crippen molar-refractivity contribution >= 4 is 0 Å². The Morgan fingerprint density at radius 3 is 1.24 bits per heavy atom. The standard InChI is InChI=1S/C27H30N2/c1-19-11-13-23(28-15-7-8-16-28)21(3)25(19)27(5,6)26-20(2)12-14-24(22(26)4)29-17-9-10-18-29/h7-18H,1-6H3. The Bertz CT molecular complexity index is 1050. The number of aromatic nitrogens is 2. The number of rotatable bonds is 4. The van der Waals surface area contributed by atoms with E-state index < -0.39 is 0 Å². The monoisotopic (exact) mass is 382 g/mol. The number of hydrogen-bond donors (Lipinski definition) is 0. The van der Waals surface area contributed by atoms with Crippen molar-refractivity contribution in [3.63, 3.8) is 0 Å². The molecule has 0 aliphatic rings. The van der Waals surface area contributed by atoms with Crippen molar-refractivity contribution in [3.8, 4) is 11.4 Å². The van der Waals surface area contributed by atoms with Gasteiger partial charge in [0.05, 0.1) is 0 Å². The van der Waals surface area contributed by atoms with Gasteiger partial charge in [-0.15, -0.1) is 0 Å². The normalized spacial score (nSPS) is 11.8. The first kappa shape index (κ1) is 19.3. The molecule has 4 aromatic rings. The van der Waals surface area contributed by atoms with Crippen molar-refractivity contribution in [3.05, 3.63) is 107 Å². The molecule has 0 aliphatic carbocycles. The van der Waals surface area contributed by atoms with E-state index in [9.17, 15) is 0 Å². The summed E-state index contributed by atoms with van der Waals surface area (Å²) in [4.78, 5) is 0. The highest BCUT2D eigenvalue weighted by molar-refractivity contribution is 5.60. The Hall–Kier alpha value is -3.00. The molecule has 0 spiro atoms. The van der Waals surface area contributed by atoms with Crippen molar-refractivity contribution < 1.29 is 0 Å². The fourth-order valence-electron chi connectivity index (χ4n) is 5.27. The molecule has 0 amide bonds. The molecule has 2 heterocycles. The summed E-state index contributed by atoms with van der Waals surface area (Å²) >= 11 is 0. The molecule has 0 radical (unpaired) electrons. The Labute approximate surface area is 174 Å². The van der Waals surface area contributed by atoms with Gasteiger partial charge in [-0.2, -0.15) is 0 Å². The lowest BCUT2D eigenvalue weighted by molar-refractivity contribution is 0.620. The van der Waals surface area contributed by atoms with Gasteiger partial charge in [-0.3, -0.25) is 0 Å². The highest BCUT2D eigenvalue weighted by Crippen LogP contribution is 2.41. The molecule has 2 aromatic carbocycles. The van der Waals surface area contributed by atoms with E-state index in [1.54, 1.807) is 0 Å². The lowest BCUT2D eigenvalue weighted by Crippen LogP contribution is -2.25. The van der Waals surface area contributed by atoms with Crippen molar-refractivity contribution in [2.45, 2.75) is 47.0 Å². The fourth-order valence-corrected chi connectivity index (χ4v) is 5.27. The summed E-state index contributed by atoms with van der Waals surface area (Å²) in [5.41, 5.74) is 10.6. The van der Waals surface area contributed by atoms with Crippen LogP contribution in [0.15, 0.2) is 73.3 Å². The first-order valence-corrected chi connectivity index (χ1v) is 10.3. The van der Waals surface area contributed by atoms with Gasteiger partial charge in [0.2, 0.25) is 0 Å². The van der Waals surface area contributed by atoms with Gasteiger partial charge in [0, 0.05) is 41.6 Å². The van der Waals surface area contributed by atoms with Crippen LogP contribution in [0.5, 0.6) is 0 Å². The molecule has 0 fully saturated rings. The summed E-state index contributed by atoms with van der Waals surface area (Å²) in [5, 5.41) is 0. The molecule has 4 rings (SSSR count). The number of benzene rings is 2. The van der Waals surface area contributed by atoms with E-state index in [0.717, 1.165) is 0 Å². The summed E-state index contributed by atoms with van der Waals surface area (Å²) in [7, 11) is 0. The van der Waals surface area contributed by atoms with Crippen molar-refractivity contribution in [2.75, 3.05) is 0 Å². The summed E-state index contributed by atoms with van der Waals surface area (Å²) in [6.45, 7) is 13.8. The maximum Gasteiger partial charge on any atom is 0.0481 e. The quantitative estimate of drug-likeness (QED) is 0.366. The molecule has 0 aliphatic heterocycles. The van der Waals surface area contributed by atoms with Gasteiger partial charge in [0.15, 0.2) is 0 Å². The summed E-state index contributed by atoms with van der Waals surface area (Å²) in [5.74, 6) is 0. The minimum Gasteiger partial charge on any atom is -0.324 e.